The molecule has 1 amide bonds. The fraction of sp³-hybridized carbons (Fsp3) is 0.0952. The third-order valence-corrected chi connectivity index (χ3v) is 4.43. The maximum atomic E-state index is 13.7. The third kappa shape index (κ3) is 5.01. The number of carbonyl (C=O) groups excluding carboxylic acids is 1. The van der Waals surface area contributed by atoms with Gasteiger partial charge in [-0.25, -0.2) is 9.37 Å². The van der Waals surface area contributed by atoms with Crippen LogP contribution >= 0.6 is 15.9 Å². The van der Waals surface area contributed by atoms with Gasteiger partial charge in [-0.2, -0.15) is 0 Å². The Labute approximate surface area is 169 Å². The second-order valence-electron chi connectivity index (χ2n) is 6.01. The molecular weight excluding hydrogens is 425 g/mol. The molecule has 28 heavy (non-hydrogen) atoms. The van der Waals surface area contributed by atoms with Gasteiger partial charge in [-0.1, -0.05) is 35.0 Å². The molecule has 0 atom stereocenters. The molecule has 0 spiro atoms. The van der Waals surface area contributed by atoms with Crippen molar-refractivity contribution in [1.29, 1.82) is 0 Å². The van der Waals surface area contributed by atoms with Crippen molar-refractivity contribution in [2.45, 2.75) is 13.3 Å². The molecule has 0 aliphatic carbocycles. The summed E-state index contributed by atoms with van der Waals surface area (Å²) in [4.78, 5) is 31.1. The fourth-order valence-electron chi connectivity index (χ4n) is 2.56. The first-order valence-corrected chi connectivity index (χ1v) is 9.38. The van der Waals surface area contributed by atoms with Gasteiger partial charge in [-0.15, -0.1) is 0 Å². The highest BCUT2D eigenvalue weighted by atomic mass is 79.9. The van der Waals surface area contributed by atoms with Gasteiger partial charge in [-0.05, 0) is 42.8 Å². The molecule has 7 heteroatoms. The van der Waals surface area contributed by atoms with E-state index in [2.05, 4.69) is 31.2 Å². The molecule has 0 fully saturated rings. The maximum Gasteiger partial charge on any atom is 0.251 e. The van der Waals surface area contributed by atoms with Crippen molar-refractivity contribution in [1.82, 2.24) is 9.97 Å². The van der Waals surface area contributed by atoms with Crippen LogP contribution in [0.1, 0.15) is 18.2 Å². The average Bonchev–Trinajstić information content (AvgIpc) is 2.68. The molecule has 2 N–H and O–H groups in total. The van der Waals surface area contributed by atoms with Gasteiger partial charge >= 0.3 is 0 Å². The number of anilines is 1. The van der Waals surface area contributed by atoms with Crippen LogP contribution < -0.4 is 10.9 Å². The average molecular weight is 442 g/mol. The Bertz CT molecular complexity index is 1110. The highest BCUT2D eigenvalue weighted by Crippen LogP contribution is 2.20. The topological polar surface area (TPSA) is 74.8 Å². The number of nitrogens with zero attached hydrogens (tertiary/aromatic N) is 1. The summed E-state index contributed by atoms with van der Waals surface area (Å²) in [6.07, 6.45) is 3.31. The van der Waals surface area contributed by atoms with Crippen molar-refractivity contribution in [2.75, 3.05) is 5.32 Å². The molecule has 0 bridgehead atoms. The molecule has 5 nitrogen and oxygen atoms in total. The van der Waals surface area contributed by atoms with E-state index in [4.69, 9.17) is 0 Å². The summed E-state index contributed by atoms with van der Waals surface area (Å²) in [6.45, 7) is 1.92. The summed E-state index contributed by atoms with van der Waals surface area (Å²) in [6, 6.07) is 12.9. The Morgan fingerprint density at radius 3 is 2.86 bits per heavy atom. The number of H-pyrrole nitrogens is 1. The van der Waals surface area contributed by atoms with Gasteiger partial charge in [0.05, 0.1) is 0 Å². The molecule has 3 aromatic rings. The van der Waals surface area contributed by atoms with Crippen molar-refractivity contribution < 1.29 is 9.18 Å². The molecule has 0 aliphatic heterocycles. The number of nitrogens with one attached hydrogen (secondary N) is 2. The molecule has 0 saturated heterocycles. The number of rotatable bonds is 5. The van der Waals surface area contributed by atoms with Gasteiger partial charge in [0.15, 0.2) is 0 Å². The Morgan fingerprint density at radius 2 is 2.07 bits per heavy atom. The van der Waals surface area contributed by atoms with E-state index in [9.17, 15) is 14.0 Å². The van der Waals surface area contributed by atoms with E-state index in [1.807, 2.05) is 6.92 Å². The minimum absolute atomic E-state index is 0.227. The van der Waals surface area contributed by atoms with E-state index >= 15 is 0 Å². The van der Waals surface area contributed by atoms with Crippen LogP contribution in [0.15, 0.2) is 63.9 Å². The van der Waals surface area contributed by atoms with E-state index in [1.165, 1.54) is 24.3 Å². The van der Waals surface area contributed by atoms with E-state index in [0.29, 0.717) is 34.8 Å². The van der Waals surface area contributed by atoms with Gasteiger partial charge in [0, 0.05) is 39.1 Å². The van der Waals surface area contributed by atoms with Crippen molar-refractivity contribution in [3.63, 3.8) is 0 Å². The third-order valence-electron chi connectivity index (χ3n) is 3.93. The summed E-state index contributed by atoms with van der Waals surface area (Å²) in [7, 11) is 0. The van der Waals surface area contributed by atoms with E-state index in [1.54, 1.807) is 36.4 Å². The normalized spacial score (nSPS) is 11.0. The number of amides is 1. The summed E-state index contributed by atoms with van der Waals surface area (Å²) >= 11 is 3.27. The lowest BCUT2D eigenvalue weighted by atomic mass is 10.1. The summed E-state index contributed by atoms with van der Waals surface area (Å²) < 4.78 is 14.5. The van der Waals surface area contributed by atoms with Crippen LogP contribution in [-0.4, -0.2) is 15.9 Å². The van der Waals surface area contributed by atoms with E-state index < -0.39 is 11.7 Å². The Kier molecular flexibility index (Phi) is 6.16. The van der Waals surface area contributed by atoms with Crippen LogP contribution in [0, 0.1) is 5.82 Å². The second kappa shape index (κ2) is 8.75. The molecule has 142 valence electrons. The molecule has 0 aliphatic rings. The summed E-state index contributed by atoms with van der Waals surface area (Å²) in [5.74, 6) is -0.382. The lowest BCUT2D eigenvalue weighted by Gasteiger charge is -2.07. The zero-order chi connectivity index (χ0) is 20.1. The number of halogens is 2. The van der Waals surface area contributed by atoms with Crippen LogP contribution in [0.3, 0.4) is 0 Å². The minimum Gasteiger partial charge on any atom is -0.322 e. The van der Waals surface area contributed by atoms with Crippen molar-refractivity contribution in [2.24, 2.45) is 0 Å². The summed E-state index contributed by atoms with van der Waals surface area (Å²) in [5.41, 5.74) is 1.97. The van der Waals surface area contributed by atoms with E-state index in [0.717, 1.165) is 4.47 Å². The van der Waals surface area contributed by atoms with Gasteiger partial charge < -0.3 is 10.3 Å². The SMILES string of the molecule is CCc1cc(=O)[nH]c(-c2cccc(NC(=O)/C=C/c3cc(Br)ccc3F)c2)n1. The number of aromatic amines is 1. The Morgan fingerprint density at radius 1 is 1.25 bits per heavy atom. The predicted molar refractivity (Wildman–Crippen MR) is 111 cm³/mol. The summed E-state index contributed by atoms with van der Waals surface area (Å²) in [5, 5.41) is 2.72. The molecule has 1 heterocycles. The van der Waals surface area contributed by atoms with Gasteiger partial charge in [-0.3, -0.25) is 9.59 Å². The first-order valence-electron chi connectivity index (χ1n) is 8.59. The molecule has 0 unspecified atom stereocenters. The van der Waals surface area contributed by atoms with Crippen LogP contribution in [0.5, 0.6) is 0 Å². The first kappa shape index (κ1) is 19.7. The lowest BCUT2D eigenvalue weighted by Crippen LogP contribution is -2.10. The van der Waals surface area contributed by atoms with Crippen molar-refractivity contribution in [3.05, 3.63) is 86.5 Å². The zero-order valence-corrected chi connectivity index (χ0v) is 16.6. The van der Waals surface area contributed by atoms with Gasteiger partial charge in [0.25, 0.3) is 5.56 Å². The molecular formula is C21H17BrFN3O2. The minimum atomic E-state index is -0.417. The van der Waals surface area contributed by atoms with Crippen LogP contribution in [-0.2, 0) is 11.2 Å². The highest BCUT2D eigenvalue weighted by molar-refractivity contribution is 9.10. The number of benzene rings is 2. The van der Waals surface area contributed by atoms with Crippen LogP contribution in [0.2, 0.25) is 0 Å². The number of hydrogen-bond donors (Lipinski definition) is 2. The van der Waals surface area contributed by atoms with Crippen molar-refractivity contribution in [3.8, 4) is 11.4 Å². The second-order valence-corrected chi connectivity index (χ2v) is 6.92. The quantitative estimate of drug-likeness (QED) is 0.570. The highest BCUT2D eigenvalue weighted by Gasteiger charge is 2.06. The Hall–Kier alpha value is -3.06. The van der Waals surface area contributed by atoms with Gasteiger partial charge in [0.2, 0.25) is 5.91 Å². The molecule has 0 saturated carbocycles. The Balaban J connectivity index is 1.78. The number of hydrogen-bond acceptors (Lipinski definition) is 3. The lowest BCUT2D eigenvalue weighted by molar-refractivity contribution is -0.111. The van der Waals surface area contributed by atoms with Gasteiger partial charge in [0.1, 0.15) is 11.6 Å². The smallest absolute Gasteiger partial charge is 0.251 e. The first-order chi connectivity index (χ1) is 13.4. The molecule has 0 radical (unpaired) electrons. The van der Waals surface area contributed by atoms with Crippen LogP contribution in [0.4, 0.5) is 10.1 Å². The molecule has 1 aromatic heterocycles. The van der Waals surface area contributed by atoms with E-state index in [-0.39, 0.29) is 5.56 Å². The molecule has 3 rings (SSSR count). The number of aromatic nitrogens is 2. The molecule has 2 aromatic carbocycles. The monoisotopic (exact) mass is 441 g/mol. The fourth-order valence-corrected chi connectivity index (χ4v) is 2.94. The van der Waals surface area contributed by atoms with Crippen molar-refractivity contribution >= 4 is 33.6 Å². The van der Waals surface area contributed by atoms with Crippen LogP contribution in [0.25, 0.3) is 17.5 Å². The zero-order valence-electron chi connectivity index (χ0n) is 15.0. The predicted octanol–water partition coefficient (Wildman–Crippen LogP) is 4.55. The maximum absolute atomic E-state index is 13.7. The standard InChI is InChI=1S/C21H17BrFN3O2/c1-2-16-12-20(28)26-21(25-16)14-4-3-5-17(11-14)24-19(27)9-6-13-10-15(22)7-8-18(13)23/h3-12H,2H2,1H3,(H,24,27)(H,25,26,28)/b9-6+. The largest absolute Gasteiger partial charge is 0.322 e. The number of carbonyl (C=O) groups is 1. The number of aryl methyl sites for hydroxylation is 1.